The second kappa shape index (κ2) is 3.56. The van der Waals surface area contributed by atoms with Crippen molar-refractivity contribution in [3.8, 4) is 0 Å². The van der Waals surface area contributed by atoms with Crippen molar-refractivity contribution in [2.75, 3.05) is 13.2 Å². The molecule has 0 radical (unpaired) electrons. The van der Waals surface area contributed by atoms with E-state index in [1.165, 1.54) is 12.4 Å². The summed E-state index contributed by atoms with van der Waals surface area (Å²) < 4.78 is 10.7. The third-order valence-electron chi connectivity index (χ3n) is 2.32. The first kappa shape index (κ1) is 10.0. The highest BCUT2D eigenvalue weighted by Gasteiger charge is 2.38. The Kier molecular flexibility index (Phi) is 2.37. The third-order valence-corrected chi connectivity index (χ3v) is 2.32. The van der Waals surface area contributed by atoms with Crippen molar-refractivity contribution >= 4 is 5.69 Å². The number of nitro groups is 1. The number of hydrogen-bond donors (Lipinski definition) is 0. The Morgan fingerprint density at radius 3 is 2.80 bits per heavy atom. The van der Waals surface area contributed by atoms with Crippen LogP contribution in [0.3, 0.4) is 0 Å². The van der Waals surface area contributed by atoms with E-state index in [9.17, 15) is 10.1 Å². The maximum Gasteiger partial charge on any atom is 0.296 e. The second-order valence-electron chi connectivity index (χ2n) is 3.29. The summed E-state index contributed by atoms with van der Waals surface area (Å²) in [4.78, 5) is 14.0. The average Bonchev–Trinajstić information content (AvgIpc) is 2.66. The van der Waals surface area contributed by atoms with Gasteiger partial charge in [-0.3, -0.25) is 15.1 Å². The fourth-order valence-corrected chi connectivity index (χ4v) is 1.59. The summed E-state index contributed by atoms with van der Waals surface area (Å²) in [5.74, 6) is -1.02. The lowest BCUT2D eigenvalue weighted by Gasteiger charge is -2.21. The largest absolute Gasteiger partial charge is 0.343 e. The molecule has 0 aromatic carbocycles. The highest BCUT2D eigenvalue weighted by molar-refractivity contribution is 5.40. The van der Waals surface area contributed by atoms with Crippen LogP contribution in [0.2, 0.25) is 0 Å². The molecule has 6 nitrogen and oxygen atoms in total. The summed E-state index contributed by atoms with van der Waals surface area (Å²) in [5.41, 5.74) is 0.321. The lowest BCUT2D eigenvalue weighted by Crippen LogP contribution is -2.23. The molecule has 80 valence electrons. The van der Waals surface area contributed by atoms with E-state index in [0.29, 0.717) is 18.8 Å². The van der Waals surface area contributed by atoms with Crippen molar-refractivity contribution in [2.24, 2.45) is 0 Å². The zero-order valence-electron chi connectivity index (χ0n) is 8.17. The SMILES string of the molecule is CC1(c2ccncc2[N+](=O)[O-])OCCO1. The van der Waals surface area contributed by atoms with Crippen LogP contribution in [0.1, 0.15) is 12.5 Å². The van der Waals surface area contributed by atoms with Gasteiger partial charge in [-0.25, -0.2) is 0 Å². The van der Waals surface area contributed by atoms with E-state index in [-0.39, 0.29) is 5.69 Å². The van der Waals surface area contributed by atoms with Gasteiger partial charge in [0, 0.05) is 6.20 Å². The van der Waals surface area contributed by atoms with E-state index in [1.54, 1.807) is 13.0 Å². The Balaban J connectivity index is 2.47. The summed E-state index contributed by atoms with van der Waals surface area (Å²) in [5, 5.41) is 10.8. The molecule has 0 saturated carbocycles. The molecule has 2 rings (SSSR count). The van der Waals surface area contributed by atoms with Crippen molar-refractivity contribution < 1.29 is 14.4 Å². The lowest BCUT2D eigenvalue weighted by atomic mass is 10.1. The molecule has 0 aliphatic carbocycles. The lowest BCUT2D eigenvalue weighted by molar-refractivity contribution is -0.388. The van der Waals surface area contributed by atoms with E-state index in [2.05, 4.69) is 4.98 Å². The maximum absolute atomic E-state index is 10.8. The van der Waals surface area contributed by atoms with Gasteiger partial charge in [-0.05, 0) is 13.0 Å². The van der Waals surface area contributed by atoms with E-state index < -0.39 is 10.7 Å². The molecular formula is C9H10N2O4. The normalized spacial score (nSPS) is 19.0. The molecule has 0 unspecified atom stereocenters. The van der Waals surface area contributed by atoms with Crippen LogP contribution >= 0.6 is 0 Å². The molecule has 1 fully saturated rings. The molecule has 1 aliphatic rings. The van der Waals surface area contributed by atoms with Crippen LogP contribution < -0.4 is 0 Å². The van der Waals surface area contributed by atoms with Gasteiger partial charge < -0.3 is 9.47 Å². The molecule has 1 aromatic heterocycles. The molecule has 6 heteroatoms. The summed E-state index contributed by atoms with van der Waals surface area (Å²) in [6, 6.07) is 1.55. The van der Waals surface area contributed by atoms with Gasteiger partial charge in [0.15, 0.2) is 5.79 Å². The van der Waals surface area contributed by atoms with Crippen LogP contribution in [0.4, 0.5) is 5.69 Å². The number of pyridine rings is 1. The fraction of sp³-hybridized carbons (Fsp3) is 0.444. The van der Waals surface area contributed by atoms with Gasteiger partial charge in [-0.1, -0.05) is 0 Å². The first-order valence-corrected chi connectivity index (χ1v) is 4.50. The van der Waals surface area contributed by atoms with Gasteiger partial charge in [0.1, 0.15) is 6.20 Å². The number of aromatic nitrogens is 1. The first-order valence-electron chi connectivity index (χ1n) is 4.50. The van der Waals surface area contributed by atoms with E-state index in [1.807, 2.05) is 0 Å². The van der Waals surface area contributed by atoms with Crippen LogP contribution in [-0.4, -0.2) is 23.1 Å². The molecule has 0 bridgehead atoms. The quantitative estimate of drug-likeness (QED) is 0.541. The van der Waals surface area contributed by atoms with Crippen LogP contribution in [0, 0.1) is 10.1 Å². The minimum Gasteiger partial charge on any atom is -0.343 e. The van der Waals surface area contributed by atoms with Crippen molar-refractivity contribution in [3.63, 3.8) is 0 Å². The molecule has 1 saturated heterocycles. The highest BCUT2D eigenvalue weighted by Crippen LogP contribution is 2.35. The molecule has 1 aliphatic heterocycles. The van der Waals surface area contributed by atoms with Gasteiger partial charge in [0.25, 0.3) is 5.69 Å². The number of rotatable bonds is 2. The second-order valence-corrected chi connectivity index (χ2v) is 3.29. The smallest absolute Gasteiger partial charge is 0.296 e. The van der Waals surface area contributed by atoms with Crippen LogP contribution in [0.15, 0.2) is 18.5 Å². The zero-order chi connectivity index (χ0) is 10.9. The molecule has 0 amide bonds. The van der Waals surface area contributed by atoms with Gasteiger partial charge >= 0.3 is 0 Å². The Hall–Kier alpha value is -1.53. The van der Waals surface area contributed by atoms with Crippen molar-refractivity contribution in [3.05, 3.63) is 34.1 Å². The van der Waals surface area contributed by atoms with Crippen molar-refractivity contribution in [1.29, 1.82) is 0 Å². The molecular weight excluding hydrogens is 200 g/mol. The van der Waals surface area contributed by atoms with Gasteiger partial charge in [0.2, 0.25) is 0 Å². The predicted molar refractivity (Wildman–Crippen MR) is 50.1 cm³/mol. The van der Waals surface area contributed by atoms with Gasteiger partial charge in [0.05, 0.1) is 23.7 Å². The molecule has 0 atom stereocenters. The molecule has 1 aromatic rings. The minimum atomic E-state index is -1.02. The standard InChI is InChI=1S/C9H10N2O4/c1-9(14-4-5-15-9)7-2-3-10-6-8(7)11(12)13/h2-3,6H,4-5H2,1H3. The summed E-state index contributed by atoms with van der Waals surface area (Å²) >= 11 is 0. The minimum absolute atomic E-state index is 0.0816. The van der Waals surface area contributed by atoms with Crippen molar-refractivity contribution in [1.82, 2.24) is 4.98 Å². The van der Waals surface area contributed by atoms with Crippen molar-refractivity contribution in [2.45, 2.75) is 12.7 Å². The molecule has 0 N–H and O–H groups in total. The Morgan fingerprint density at radius 1 is 1.53 bits per heavy atom. The predicted octanol–water partition coefficient (Wildman–Crippen LogP) is 1.21. The molecule has 0 spiro atoms. The highest BCUT2D eigenvalue weighted by atomic mass is 16.7. The summed E-state index contributed by atoms with van der Waals surface area (Å²) in [6.07, 6.45) is 2.68. The molecule has 15 heavy (non-hydrogen) atoms. The third kappa shape index (κ3) is 1.69. The summed E-state index contributed by atoms with van der Waals surface area (Å²) in [6.45, 7) is 2.55. The average molecular weight is 210 g/mol. The van der Waals surface area contributed by atoms with Crippen LogP contribution in [0.5, 0.6) is 0 Å². The zero-order valence-corrected chi connectivity index (χ0v) is 8.17. The number of hydrogen-bond acceptors (Lipinski definition) is 5. The van der Waals surface area contributed by atoms with E-state index in [4.69, 9.17) is 9.47 Å². The van der Waals surface area contributed by atoms with E-state index >= 15 is 0 Å². The molecule has 2 heterocycles. The fourth-order valence-electron chi connectivity index (χ4n) is 1.59. The van der Waals surface area contributed by atoms with Gasteiger partial charge in [-0.15, -0.1) is 0 Å². The van der Waals surface area contributed by atoms with Crippen LogP contribution in [0.25, 0.3) is 0 Å². The first-order chi connectivity index (χ1) is 7.13. The Bertz CT molecular complexity index is 387. The van der Waals surface area contributed by atoms with Crippen LogP contribution in [-0.2, 0) is 15.3 Å². The Morgan fingerprint density at radius 2 is 2.20 bits per heavy atom. The van der Waals surface area contributed by atoms with E-state index in [0.717, 1.165) is 0 Å². The van der Waals surface area contributed by atoms with Gasteiger partial charge in [-0.2, -0.15) is 0 Å². The number of ether oxygens (including phenoxy) is 2. The topological polar surface area (TPSA) is 74.5 Å². The number of nitrogens with zero attached hydrogens (tertiary/aromatic N) is 2. The Labute approximate surface area is 86.0 Å². The monoisotopic (exact) mass is 210 g/mol. The maximum atomic E-state index is 10.8. The summed E-state index contributed by atoms with van der Waals surface area (Å²) in [7, 11) is 0.